The first-order chi connectivity index (χ1) is 10.8. The lowest BCUT2D eigenvalue weighted by Gasteiger charge is -2.38. The second-order valence-electron chi connectivity index (χ2n) is 6.37. The number of ether oxygens (including phenoxy) is 2. The minimum Gasteiger partial charge on any atom is -0.465 e. The summed E-state index contributed by atoms with van der Waals surface area (Å²) in [4.78, 5) is 30.0. The van der Waals surface area contributed by atoms with E-state index >= 15 is 0 Å². The van der Waals surface area contributed by atoms with E-state index in [-0.39, 0.29) is 24.0 Å². The van der Waals surface area contributed by atoms with Crippen LogP contribution in [-0.4, -0.2) is 60.1 Å². The fourth-order valence-electron chi connectivity index (χ4n) is 3.31. The van der Waals surface area contributed by atoms with Crippen molar-refractivity contribution in [3.63, 3.8) is 0 Å². The molecule has 0 bridgehead atoms. The molecule has 128 valence electrons. The Morgan fingerprint density at radius 2 is 1.83 bits per heavy atom. The number of esters is 1. The summed E-state index contributed by atoms with van der Waals surface area (Å²) in [6, 6.07) is -0.272. The Balaban J connectivity index is 2.25. The lowest BCUT2D eigenvalue weighted by Crippen LogP contribution is -2.51. The highest BCUT2D eigenvalue weighted by Gasteiger charge is 2.32. The fourth-order valence-corrected chi connectivity index (χ4v) is 3.31. The van der Waals surface area contributed by atoms with Gasteiger partial charge in [0.1, 0.15) is 0 Å². The highest BCUT2D eigenvalue weighted by molar-refractivity contribution is 6.03. The van der Waals surface area contributed by atoms with Gasteiger partial charge < -0.3 is 14.5 Å². The minimum atomic E-state index is -0.420. The number of nitrogens with one attached hydrogen (secondary N) is 1. The Hall–Kier alpha value is -1.66. The monoisotopic (exact) mass is 322 g/mol. The van der Waals surface area contributed by atoms with Gasteiger partial charge in [0.25, 0.3) is 0 Å². The number of carbonyl (C=O) groups is 2. The average Bonchev–Trinajstić information content (AvgIpc) is 2.79. The molecule has 1 aliphatic heterocycles. The van der Waals surface area contributed by atoms with Crippen molar-refractivity contribution >= 4 is 11.8 Å². The SMILES string of the molecule is COC(=O)c1c(C)[nH]c(C(=O)[C@H](C)N2C[C@@H](C)O[C@@H](C)C2)c1C. The summed E-state index contributed by atoms with van der Waals surface area (Å²) >= 11 is 0. The second-order valence-corrected chi connectivity index (χ2v) is 6.37. The number of hydrogen-bond donors (Lipinski definition) is 1. The van der Waals surface area contributed by atoms with Crippen molar-refractivity contribution in [2.24, 2.45) is 0 Å². The van der Waals surface area contributed by atoms with Crippen molar-refractivity contribution in [2.75, 3.05) is 20.2 Å². The van der Waals surface area contributed by atoms with E-state index in [0.29, 0.717) is 22.5 Å². The van der Waals surface area contributed by atoms with Gasteiger partial charge >= 0.3 is 5.97 Å². The zero-order chi connectivity index (χ0) is 17.3. The maximum Gasteiger partial charge on any atom is 0.339 e. The minimum absolute atomic E-state index is 0.0120. The van der Waals surface area contributed by atoms with Crippen LogP contribution in [0.1, 0.15) is 52.9 Å². The highest BCUT2D eigenvalue weighted by Crippen LogP contribution is 2.22. The van der Waals surface area contributed by atoms with E-state index in [1.807, 2.05) is 20.8 Å². The number of nitrogens with zero attached hydrogens (tertiary/aromatic N) is 1. The molecule has 1 N–H and O–H groups in total. The summed E-state index contributed by atoms with van der Waals surface area (Å²) in [5.41, 5.74) is 2.25. The Morgan fingerprint density at radius 1 is 1.26 bits per heavy atom. The first-order valence-electron chi connectivity index (χ1n) is 7.97. The van der Waals surface area contributed by atoms with Gasteiger partial charge in [-0.3, -0.25) is 9.69 Å². The third-order valence-electron chi connectivity index (χ3n) is 4.45. The molecule has 0 unspecified atom stereocenters. The standard InChI is InChI=1S/C17H26N2O4/c1-9-7-19(8-10(2)23-9)13(5)16(20)15-11(3)14(12(4)18-15)17(21)22-6/h9-10,13,18H,7-8H2,1-6H3/t9-,10+,13-/m0/s1. The second kappa shape index (κ2) is 6.84. The molecule has 0 spiro atoms. The van der Waals surface area contributed by atoms with Crippen LogP contribution in [0.4, 0.5) is 0 Å². The van der Waals surface area contributed by atoms with Gasteiger partial charge in [-0.25, -0.2) is 4.79 Å². The highest BCUT2D eigenvalue weighted by atomic mass is 16.5. The quantitative estimate of drug-likeness (QED) is 0.679. The molecule has 23 heavy (non-hydrogen) atoms. The lowest BCUT2D eigenvalue weighted by atomic mass is 10.0. The number of rotatable bonds is 4. The number of ketones is 1. The third-order valence-corrected chi connectivity index (χ3v) is 4.45. The maximum absolute atomic E-state index is 12.9. The predicted octanol–water partition coefficient (Wildman–Crippen LogP) is 2.10. The first-order valence-corrected chi connectivity index (χ1v) is 7.97. The topological polar surface area (TPSA) is 71.6 Å². The predicted molar refractivity (Wildman–Crippen MR) is 87.0 cm³/mol. The van der Waals surface area contributed by atoms with Crippen molar-refractivity contribution in [3.05, 3.63) is 22.5 Å². The molecule has 2 rings (SSSR count). The third kappa shape index (κ3) is 3.48. The van der Waals surface area contributed by atoms with Crippen molar-refractivity contribution in [1.82, 2.24) is 9.88 Å². The Kier molecular flexibility index (Phi) is 5.26. The Labute approximate surface area is 137 Å². The molecule has 6 nitrogen and oxygen atoms in total. The van der Waals surface area contributed by atoms with Crippen molar-refractivity contribution in [2.45, 2.75) is 52.9 Å². The molecular formula is C17H26N2O4. The molecule has 0 aliphatic carbocycles. The molecular weight excluding hydrogens is 296 g/mol. The van der Waals surface area contributed by atoms with Gasteiger partial charge in [0.15, 0.2) is 5.78 Å². The summed E-state index contributed by atoms with van der Waals surface area (Å²) in [5.74, 6) is -0.432. The number of aromatic amines is 1. The van der Waals surface area contributed by atoms with E-state index in [9.17, 15) is 9.59 Å². The van der Waals surface area contributed by atoms with E-state index in [1.165, 1.54) is 7.11 Å². The van der Waals surface area contributed by atoms with E-state index < -0.39 is 5.97 Å². The number of aryl methyl sites for hydroxylation is 1. The average molecular weight is 322 g/mol. The largest absolute Gasteiger partial charge is 0.465 e. The van der Waals surface area contributed by atoms with Gasteiger partial charge in [-0.05, 0) is 40.2 Å². The van der Waals surface area contributed by atoms with Crippen LogP contribution in [0.3, 0.4) is 0 Å². The molecule has 1 aromatic rings. The zero-order valence-corrected chi connectivity index (χ0v) is 14.7. The van der Waals surface area contributed by atoms with Crippen LogP contribution in [-0.2, 0) is 9.47 Å². The molecule has 6 heteroatoms. The van der Waals surface area contributed by atoms with E-state index in [0.717, 1.165) is 13.1 Å². The Morgan fingerprint density at radius 3 is 2.35 bits per heavy atom. The maximum atomic E-state index is 12.9. The van der Waals surface area contributed by atoms with Crippen LogP contribution in [0, 0.1) is 13.8 Å². The van der Waals surface area contributed by atoms with Crippen LogP contribution in [0.15, 0.2) is 0 Å². The number of H-pyrrole nitrogens is 1. The van der Waals surface area contributed by atoms with Crippen molar-refractivity contribution in [3.8, 4) is 0 Å². The summed E-state index contributed by atoms with van der Waals surface area (Å²) < 4.78 is 10.5. The van der Waals surface area contributed by atoms with Crippen LogP contribution in [0.2, 0.25) is 0 Å². The smallest absolute Gasteiger partial charge is 0.339 e. The van der Waals surface area contributed by atoms with Gasteiger partial charge in [-0.1, -0.05) is 0 Å². The molecule has 1 saturated heterocycles. The van der Waals surface area contributed by atoms with Crippen LogP contribution in [0.5, 0.6) is 0 Å². The summed E-state index contributed by atoms with van der Waals surface area (Å²) in [5, 5.41) is 0. The van der Waals surface area contributed by atoms with Gasteiger partial charge in [-0.15, -0.1) is 0 Å². The molecule has 2 heterocycles. The molecule has 3 atom stereocenters. The van der Waals surface area contributed by atoms with Gasteiger partial charge in [0.2, 0.25) is 0 Å². The number of aromatic nitrogens is 1. The van der Waals surface area contributed by atoms with Gasteiger partial charge in [-0.2, -0.15) is 0 Å². The molecule has 1 fully saturated rings. The summed E-state index contributed by atoms with van der Waals surface area (Å²) in [6.45, 7) is 10.9. The van der Waals surface area contributed by atoms with E-state index in [2.05, 4.69) is 9.88 Å². The number of methoxy groups -OCH3 is 1. The molecule has 0 amide bonds. The number of Topliss-reactive ketones (excluding diaryl/α,β-unsaturated/α-hetero) is 1. The molecule has 1 aliphatic rings. The van der Waals surface area contributed by atoms with Crippen LogP contribution < -0.4 is 0 Å². The molecule has 0 radical (unpaired) electrons. The van der Waals surface area contributed by atoms with Gasteiger partial charge in [0, 0.05) is 18.8 Å². The number of carbonyl (C=O) groups excluding carboxylic acids is 2. The lowest BCUT2D eigenvalue weighted by molar-refractivity contribution is -0.0744. The van der Waals surface area contributed by atoms with Crippen LogP contribution >= 0.6 is 0 Å². The van der Waals surface area contributed by atoms with Crippen LogP contribution in [0.25, 0.3) is 0 Å². The first kappa shape index (κ1) is 17.7. The molecule has 0 saturated carbocycles. The summed E-state index contributed by atoms with van der Waals surface area (Å²) in [7, 11) is 1.34. The molecule has 1 aromatic heterocycles. The summed E-state index contributed by atoms with van der Waals surface area (Å²) in [6.07, 6.45) is 0.206. The van der Waals surface area contributed by atoms with E-state index in [1.54, 1.807) is 13.8 Å². The fraction of sp³-hybridized carbons (Fsp3) is 0.647. The van der Waals surface area contributed by atoms with E-state index in [4.69, 9.17) is 9.47 Å². The van der Waals surface area contributed by atoms with Crippen molar-refractivity contribution in [1.29, 1.82) is 0 Å². The normalized spacial score (nSPS) is 23.6. The number of hydrogen-bond acceptors (Lipinski definition) is 5. The zero-order valence-electron chi connectivity index (χ0n) is 14.7. The Bertz CT molecular complexity index is 598. The van der Waals surface area contributed by atoms with Gasteiger partial charge in [0.05, 0.1) is 36.6 Å². The molecule has 0 aromatic carbocycles. The number of morpholine rings is 1. The van der Waals surface area contributed by atoms with Crippen molar-refractivity contribution < 1.29 is 19.1 Å².